The van der Waals surface area contributed by atoms with Crippen molar-refractivity contribution in [1.82, 2.24) is 4.31 Å². The Morgan fingerprint density at radius 1 is 0.905 bits per heavy atom. The van der Waals surface area contributed by atoms with Crippen LogP contribution in [0.15, 0.2) is 46.4 Å². The lowest BCUT2D eigenvalue weighted by Gasteiger charge is -2.37. The van der Waals surface area contributed by atoms with Crippen molar-refractivity contribution >= 4 is 10.0 Å². The van der Waals surface area contributed by atoms with Gasteiger partial charge in [0.15, 0.2) is 0 Å². The number of hydrogen-bond acceptors (Lipinski definition) is 2. The van der Waals surface area contributed by atoms with Crippen LogP contribution in [-0.2, 0) is 10.0 Å². The molecule has 3 fully saturated rings. The van der Waals surface area contributed by atoms with Crippen LogP contribution in [0.5, 0.6) is 0 Å². The molecular weight excluding hydrogens is 282 g/mol. The number of allylic oxidation sites excluding steroid dienone is 1. The molecule has 0 radical (unpaired) electrons. The molecule has 1 aromatic carbocycles. The van der Waals surface area contributed by atoms with E-state index in [9.17, 15) is 8.42 Å². The number of piperidine rings is 1. The van der Waals surface area contributed by atoms with E-state index >= 15 is 0 Å². The van der Waals surface area contributed by atoms with Gasteiger partial charge < -0.3 is 0 Å². The van der Waals surface area contributed by atoms with Crippen LogP contribution in [0, 0.1) is 0 Å². The molecule has 2 unspecified atom stereocenters. The van der Waals surface area contributed by atoms with E-state index in [1.807, 2.05) is 10.4 Å². The maximum absolute atomic E-state index is 12.9. The molecule has 0 spiro atoms. The molecule has 3 aliphatic rings. The van der Waals surface area contributed by atoms with E-state index in [0.29, 0.717) is 4.90 Å². The summed E-state index contributed by atoms with van der Waals surface area (Å²) in [5.41, 5.74) is 3.21. The minimum atomic E-state index is -3.33. The van der Waals surface area contributed by atoms with Crippen molar-refractivity contribution in [2.24, 2.45) is 0 Å². The Labute approximate surface area is 126 Å². The van der Waals surface area contributed by atoms with Crippen molar-refractivity contribution < 1.29 is 8.42 Å². The molecule has 2 bridgehead atoms. The number of benzene rings is 1. The van der Waals surface area contributed by atoms with Gasteiger partial charge in [0.25, 0.3) is 0 Å². The fourth-order valence-electron chi connectivity index (χ4n) is 4.08. The second-order valence-corrected chi connectivity index (χ2v) is 8.35. The Balaban J connectivity index is 1.66. The van der Waals surface area contributed by atoms with Crippen LogP contribution < -0.4 is 0 Å². The Hall–Kier alpha value is -1.13. The van der Waals surface area contributed by atoms with Crippen molar-refractivity contribution in [3.63, 3.8) is 0 Å². The van der Waals surface area contributed by atoms with Gasteiger partial charge in [-0.1, -0.05) is 29.3 Å². The van der Waals surface area contributed by atoms with Crippen molar-refractivity contribution in [3.05, 3.63) is 41.5 Å². The largest absolute Gasteiger partial charge is 0.243 e. The zero-order valence-corrected chi connectivity index (χ0v) is 13.0. The van der Waals surface area contributed by atoms with Gasteiger partial charge in [0.2, 0.25) is 10.0 Å². The molecule has 1 aliphatic carbocycles. The van der Waals surface area contributed by atoms with Crippen molar-refractivity contribution in [1.29, 1.82) is 0 Å². The van der Waals surface area contributed by atoms with E-state index in [0.717, 1.165) is 25.7 Å². The summed E-state index contributed by atoms with van der Waals surface area (Å²) in [6.07, 6.45) is 7.80. The highest BCUT2D eigenvalue weighted by molar-refractivity contribution is 7.89. The molecule has 0 N–H and O–H groups in total. The van der Waals surface area contributed by atoms with E-state index in [1.165, 1.54) is 19.3 Å². The van der Waals surface area contributed by atoms with Crippen molar-refractivity contribution in [3.8, 4) is 0 Å². The van der Waals surface area contributed by atoms with Gasteiger partial charge in [-0.2, -0.15) is 4.31 Å². The van der Waals surface area contributed by atoms with Gasteiger partial charge >= 0.3 is 0 Å². The lowest BCUT2D eigenvalue weighted by Crippen LogP contribution is -2.44. The van der Waals surface area contributed by atoms with E-state index < -0.39 is 10.0 Å². The summed E-state index contributed by atoms with van der Waals surface area (Å²) in [6.45, 7) is 0. The molecule has 3 nitrogen and oxygen atoms in total. The Morgan fingerprint density at radius 3 is 2.05 bits per heavy atom. The van der Waals surface area contributed by atoms with Crippen LogP contribution in [0.3, 0.4) is 0 Å². The highest BCUT2D eigenvalue weighted by Gasteiger charge is 2.46. The first kappa shape index (κ1) is 13.5. The van der Waals surface area contributed by atoms with Gasteiger partial charge in [-0.15, -0.1) is 0 Å². The van der Waals surface area contributed by atoms with Gasteiger partial charge in [-0.3, -0.25) is 0 Å². The molecule has 2 aliphatic heterocycles. The Kier molecular flexibility index (Phi) is 3.19. The minimum absolute atomic E-state index is 0.192. The Morgan fingerprint density at radius 2 is 1.52 bits per heavy atom. The Bertz CT molecular complexity index is 656. The molecule has 21 heavy (non-hydrogen) atoms. The lowest BCUT2D eigenvalue weighted by molar-refractivity contribution is 0.281. The van der Waals surface area contributed by atoms with Gasteiger partial charge in [-0.05, 0) is 57.1 Å². The van der Waals surface area contributed by atoms with Crippen LogP contribution in [0.4, 0.5) is 0 Å². The van der Waals surface area contributed by atoms with E-state index in [4.69, 9.17) is 0 Å². The monoisotopic (exact) mass is 303 g/mol. The van der Waals surface area contributed by atoms with Crippen LogP contribution in [0.2, 0.25) is 0 Å². The topological polar surface area (TPSA) is 37.4 Å². The SMILES string of the molecule is O=S(=O)(c1ccccc1)N1C2CCC1CC(=C1CCC1)C2. The third kappa shape index (κ3) is 2.16. The highest BCUT2D eigenvalue weighted by atomic mass is 32.2. The molecule has 2 heterocycles. The lowest BCUT2D eigenvalue weighted by atomic mass is 9.83. The third-order valence-corrected chi connectivity index (χ3v) is 7.31. The molecule has 1 saturated carbocycles. The molecule has 112 valence electrons. The van der Waals surface area contributed by atoms with E-state index in [-0.39, 0.29) is 12.1 Å². The molecule has 0 amide bonds. The summed E-state index contributed by atoms with van der Waals surface area (Å²) >= 11 is 0. The van der Waals surface area contributed by atoms with E-state index in [1.54, 1.807) is 35.4 Å². The minimum Gasteiger partial charge on any atom is -0.207 e. The first-order valence-corrected chi connectivity index (χ1v) is 9.38. The maximum atomic E-state index is 12.9. The van der Waals surface area contributed by atoms with Crippen molar-refractivity contribution in [2.75, 3.05) is 0 Å². The summed E-state index contributed by atoms with van der Waals surface area (Å²) in [7, 11) is -3.33. The van der Waals surface area contributed by atoms with Crippen LogP contribution in [0.25, 0.3) is 0 Å². The summed E-state index contributed by atoms with van der Waals surface area (Å²) in [5, 5.41) is 0. The highest BCUT2D eigenvalue weighted by Crippen LogP contribution is 2.45. The standard InChI is InChI=1S/C17H21NO2S/c19-21(20,17-7-2-1-3-8-17)18-15-9-10-16(18)12-14(11-15)13-5-4-6-13/h1-3,7-8,15-16H,4-6,9-12H2. The number of rotatable bonds is 2. The van der Waals surface area contributed by atoms with Crippen LogP contribution >= 0.6 is 0 Å². The average Bonchev–Trinajstić information content (AvgIpc) is 2.71. The summed E-state index contributed by atoms with van der Waals surface area (Å²) in [6, 6.07) is 9.29. The zero-order chi connectivity index (χ0) is 14.4. The number of nitrogens with zero attached hydrogens (tertiary/aromatic N) is 1. The molecule has 2 saturated heterocycles. The molecule has 1 aromatic rings. The molecule has 2 atom stereocenters. The average molecular weight is 303 g/mol. The quantitative estimate of drug-likeness (QED) is 0.784. The smallest absolute Gasteiger partial charge is 0.207 e. The molecule has 0 aromatic heterocycles. The fourth-order valence-corrected chi connectivity index (χ4v) is 5.97. The first-order chi connectivity index (χ1) is 10.2. The second kappa shape index (κ2) is 4.96. The first-order valence-electron chi connectivity index (χ1n) is 7.94. The summed E-state index contributed by atoms with van der Waals surface area (Å²) < 4.78 is 27.7. The van der Waals surface area contributed by atoms with Gasteiger partial charge in [0.05, 0.1) is 4.90 Å². The maximum Gasteiger partial charge on any atom is 0.243 e. The predicted molar refractivity (Wildman–Crippen MR) is 82.4 cm³/mol. The van der Waals surface area contributed by atoms with E-state index in [2.05, 4.69) is 0 Å². The van der Waals surface area contributed by atoms with Crippen LogP contribution in [0.1, 0.15) is 44.9 Å². The third-order valence-electron chi connectivity index (χ3n) is 5.29. The molecule has 4 heteroatoms. The van der Waals surface area contributed by atoms with Gasteiger partial charge in [0, 0.05) is 12.1 Å². The number of hydrogen-bond donors (Lipinski definition) is 0. The molecule has 4 rings (SSSR count). The van der Waals surface area contributed by atoms with Gasteiger partial charge in [0.1, 0.15) is 0 Å². The fraction of sp³-hybridized carbons (Fsp3) is 0.529. The van der Waals surface area contributed by atoms with Gasteiger partial charge in [-0.25, -0.2) is 8.42 Å². The number of sulfonamides is 1. The summed E-state index contributed by atoms with van der Waals surface area (Å²) in [5.74, 6) is 0. The predicted octanol–water partition coefficient (Wildman–Crippen LogP) is 3.48. The zero-order valence-electron chi connectivity index (χ0n) is 12.2. The van der Waals surface area contributed by atoms with Crippen LogP contribution in [-0.4, -0.2) is 24.8 Å². The summed E-state index contributed by atoms with van der Waals surface area (Å²) in [4.78, 5) is 0.446. The normalized spacial score (nSPS) is 29.5. The molecular formula is C17H21NO2S. The second-order valence-electron chi connectivity index (χ2n) is 6.50. The van der Waals surface area contributed by atoms with Crippen molar-refractivity contribution in [2.45, 2.75) is 61.9 Å². The number of fused-ring (bicyclic) bond motifs is 2.